The number of rotatable bonds is 3. The lowest BCUT2D eigenvalue weighted by atomic mass is 10.1. The maximum Gasteiger partial charge on any atom is 0.408 e. The third kappa shape index (κ3) is 3.48. The van der Waals surface area contributed by atoms with E-state index in [9.17, 15) is 29.1 Å². The molecule has 0 aliphatic carbocycles. The van der Waals surface area contributed by atoms with Crippen molar-refractivity contribution >= 4 is 38.7 Å². The Kier molecular flexibility index (Phi) is 5.40. The molecule has 1 atom stereocenters. The van der Waals surface area contributed by atoms with Crippen LogP contribution in [0.3, 0.4) is 0 Å². The summed E-state index contributed by atoms with van der Waals surface area (Å²) in [5.74, 6) is -1.16. The first kappa shape index (κ1) is 21.5. The number of nitriles is 1. The van der Waals surface area contributed by atoms with Gasteiger partial charge in [0, 0.05) is 17.0 Å². The van der Waals surface area contributed by atoms with Crippen molar-refractivity contribution in [2.24, 2.45) is 0 Å². The summed E-state index contributed by atoms with van der Waals surface area (Å²) in [6.45, 7) is -0.348. The van der Waals surface area contributed by atoms with Crippen molar-refractivity contribution in [3.05, 3.63) is 62.4 Å². The highest BCUT2D eigenvalue weighted by molar-refractivity contribution is 9.10. The van der Waals surface area contributed by atoms with Crippen LogP contribution >= 0.6 is 15.9 Å². The highest BCUT2D eigenvalue weighted by atomic mass is 79.9. The van der Waals surface area contributed by atoms with E-state index in [4.69, 9.17) is 4.74 Å². The average molecular weight is 501 g/mol. The number of hydrogen-bond donors (Lipinski definition) is 1. The summed E-state index contributed by atoms with van der Waals surface area (Å²) in [5.41, 5.74) is -0.177. The normalized spacial score (nSPS) is 15.8. The molecular weight excluding hydrogens is 487 g/mol. The Morgan fingerprint density at radius 3 is 2.72 bits per heavy atom. The molecule has 32 heavy (non-hydrogen) atoms. The fourth-order valence-electron chi connectivity index (χ4n) is 3.72. The average Bonchev–Trinajstić information content (AvgIpc) is 3.15. The van der Waals surface area contributed by atoms with E-state index in [0.717, 1.165) is 15.5 Å². The van der Waals surface area contributed by atoms with E-state index in [2.05, 4.69) is 20.9 Å². The Balaban J connectivity index is 2.09. The maximum atomic E-state index is 14.5. The van der Waals surface area contributed by atoms with Crippen LogP contribution in [0, 0.1) is 17.1 Å². The number of Topliss-reactive ketones (excluding diaryl/α,β-unsaturated/α-hetero) is 1. The minimum Gasteiger partial charge on any atom is -0.494 e. The molecule has 2 aromatic carbocycles. The number of carbonyl (C=O) groups excluding carboxylic acids is 1. The van der Waals surface area contributed by atoms with Gasteiger partial charge in [0.05, 0.1) is 41.9 Å². The number of amides is 1. The van der Waals surface area contributed by atoms with Crippen LogP contribution < -0.4 is 10.3 Å². The molecule has 2 heterocycles. The van der Waals surface area contributed by atoms with E-state index in [1.54, 1.807) is 0 Å². The summed E-state index contributed by atoms with van der Waals surface area (Å²) in [6.07, 6.45) is -1.53. The number of halogens is 2. The van der Waals surface area contributed by atoms with Crippen molar-refractivity contribution < 1.29 is 23.8 Å². The highest BCUT2D eigenvalue weighted by Crippen LogP contribution is 2.33. The summed E-state index contributed by atoms with van der Waals surface area (Å²) in [4.78, 5) is 42.8. The number of ketones is 1. The molecular formula is C21H14BrFN4O5. The number of methoxy groups -OCH3 is 1. The number of nitrogens with zero attached hydrogens (tertiary/aromatic N) is 4. The molecule has 1 saturated heterocycles. The number of likely N-dealkylation sites (tertiary alicyclic amines) is 1. The number of aromatic nitrogens is 2. The molecule has 0 spiro atoms. The molecule has 9 nitrogen and oxygen atoms in total. The summed E-state index contributed by atoms with van der Waals surface area (Å²) in [6, 6.07) is 7.53. The van der Waals surface area contributed by atoms with Gasteiger partial charge in [0.15, 0.2) is 17.3 Å². The van der Waals surface area contributed by atoms with Crippen LogP contribution in [0.2, 0.25) is 0 Å². The predicted octanol–water partition coefficient (Wildman–Crippen LogP) is 3.16. The molecule has 0 unspecified atom stereocenters. The fourth-order valence-corrected chi connectivity index (χ4v) is 4.27. The Hall–Kier alpha value is -3.78. The topological polar surface area (TPSA) is 126 Å². The summed E-state index contributed by atoms with van der Waals surface area (Å²) < 4.78 is 20.8. The van der Waals surface area contributed by atoms with E-state index in [1.165, 1.54) is 31.4 Å². The van der Waals surface area contributed by atoms with Gasteiger partial charge in [0.25, 0.3) is 5.56 Å². The lowest BCUT2D eigenvalue weighted by molar-refractivity contribution is -0.116. The van der Waals surface area contributed by atoms with Gasteiger partial charge in [-0.2, -0.15) is 5.26 Å². The minimum absolute atomic E-state index is 0.0364. The number of benzene rings is 2. The van der Waals surface area contributed by atoms with Crippen LogP contribution in [0.5, 0.6) is 5.75 Å². The van der Waals surface area contributed by atoms with Crippen LogP contribution in [0.1, 0.15) is 23.9 Å². The Morgan fingerprint density at radius 1 is 1.34 bits per heavy atom. The van der Waals surface area contributed by atoms with E-state index in [1.807, 2.05) is 6.07 Å². The second-order valence-electron chi connectivity index (χ2n) is 7.06. The van der Waals surface area contributed by atoms with Crippen LogP contribution in [0.4, 0.5) is 9.18 Å². The second-order valence-corrected chi connectivity index (χ2v) is 7.92. The Bertz CT molecular complexity index is 1400. The first-order valence-electron chi connectivity index (χ1n) is 9.26. The van der Waals surface area contributed by atoms with E-state index in [0.29, 0.717) is 4.47 Å². The van der Waals surface area contributed by atoms with Gasteiger partial charge >= 0.3 is 6.09 Å². The van der Waals surface area contributed by atoms with E-state index >= 15 is 0 Å². The Labute approximate surface area is 188 Å². The van der Waals surface area contributed by atoms with Crippen molar-refractivity contribution in [3.8, 4) is 17.5 Å². The van der Waals surface area contributed by atoms with Crippen molar-refractivity contribution in [2.45, 2.75) is 12.5 Å². The molecule has 1 aliphatic rings. The van der Waals surface area contributed by atoms with Crippen molar-refractivity contribution in [1.29, 1.82) is 5.26 Å². The lowest BCUT2D eigenvalue weighted by Crippen LogP contribution is -2.34. The molecule has 162 valence electrons. The van der Waals surface area contributed by atoms with Crippen LogP contribution in [-0.2, 0) is 4.79 Å². The van der Waals surface area contributed by atoms with Crippen LogP contribution in [0.25, 0.3) is 16.6 Å². The molecule has 4 rings (SSSR count). The third-order valence-electron chi connectivity index (χ3n) is 5.16. The molecule has 3 aromatic rings. The first-order valence-corrected chi connectivity index (χ1v) is 10.1. The smallest absolute Gasteiger partial charge is 0.408 e. The maximum absolute atomic E-state index is 14.5. The lowest BCUT2D eigenvalue weighted by Gasteiger charge is -2.24. The minimum atomic E-state index is -1.35. The zero-order chi connectivity index (χ0) is 23.2. The second kappa shape index (κ2) is 8.05. The SMILES string of the molecule is COc1ccc(-n2c([C@@H]3CC(=O)CN3C(=O)O)nc3c(Br)cc(C#N)cc3c2=O)cc1F. The third-order valence-corrected chi connectivity index (χ3v) is 5.77. The first-order chi connectivity index (χ1) is 15.2. The molecule has 1 aromatic heterocycles. The zero-order valence-electron chi connectivity index (χ0n) is 16.5. The van der Waals surface area contributed by atoms with Gasteiger partial charge in [0.2, 0.25) is 0 Å². The molecule has 11 heteroatoms. The molecule has 0 saturated carbocycles. The van der Waals surface area contributed by atoms with Gasteiger partial charge < -0.3 is 9.84 Å². The molecule has 1 amide bonds. The van der Waals surface area contributed by atoms with Gasteiger partial charge in [-0.05, 0) is 40.2 Å². The molecule has 0 radical (unpaired) electrons. The van der Waals surface area contributed by atoms with Gasteiger partial charge in [-0.3, -0.25) is 19.1 Å². The quantitative estimate of drug-likeness (QED) is 0.585. The number of fused-ring (bicyclic) bond motifs is 1. The predicted molar refractivity (Wildman–Crippen MR) is 113 cm³/mol. The monoisotopic (exact) mass is 500 g/mol. The fraction of sp³-hybridized carbons (Fsp3) is 0.190. The number of carbonyl (C=O) groups is 2. The zero-order valence-corrected chi connectivity index (χ0v) is 18.1. The summed E-state index contributed by atoms with van der Waals surface area (Å²) in [5, 5.41) is 18.9. The van der Waals surface area contributed by atoms with E-state index < -0.39 is 23.5 Å². The summed E-state index contributed by atoms with van der Waals surface area (Å²) in [7, 11) is 1.29. The highest BCUT2D eigenvalue weighted by Gasteiger charge is 2.38. The molecule has 1 N–H and O–H groups in total. The molecule has 0 bridgehead atoms. The number of hydrogen-bond acceptors (Lipinski definition) is 6. The standard InChI is InChI=1S/C21H14BrFN4O5/c1-32-17-3-2-11(6-15(17)23)27-19(16-7-12(28)9-26(16)21(30)31)25-18-13(20(27)29)4-10(8-24)5-14(18)22/h2-6,16H,7,9H2,1H3,(H,30,31)/t16-/m0/s1. The number of carboxylic acid groups (broad SMARTS) is 1. The van der Waals surface area contributed by atoms with Gasteiger partial charge in [-0.1, -0.05) is 0 Å². The van der Waals surface area contributed by atoms with E-state index in [-0.39, 0.29) is 52.5 Å². The van der Waals surface area contributed by atoms with Crippen molar-refractivity contribution in [1.82, 2.24) is 14.5 Å². The van der Waals surface area contributed by atoms with Gasteiger partial charge in [-0.15, -0.1) is 0 Å². The Morgan fingerprint density at radius 2 is 2.09 bits per heavy atom. The molecule has 1 fully saturated rings. The summed E-state index contributed by atoms with van der Waals surface area (Å²) >= 11 is 3.30. The van der Waals surface area contributed by atoms with Gasteiger partial charge in [-0.25, -0.2) is 14.2 Å². The molecule has 1 aliphatic heterocycles. The number of ether oxygens (including phenoxy) is 1. The largest absolute Gasteiger partial charge is 0.494 e. The van der Waals surface area contributed by atoms with Crippen LogP contribution in [0.15, 0.2) is 39.6 Å². The van der Waals surface area contributed by atoms with Gasteiger partial charge in [0.1, 0.15) is 11.9 Å². The van der Waals surface area contributed by atoms with Crippen molar-refractivity contribution in [2.75, 3.05) is 13.7 Å². The van der Waals surface area contributed by atoms with Crippen LogP contribution in [-0.4, -0.2) is 45.1 Å². The van der Waals surface area contributed by atoms with Crippen molar-refractivity contribution in [3.63, 3.8) is 0 Å².